The van der Waals surface area contributed by atoms with Crippen LogP contribution >= 0.6 is 0 Å². The highest BCUT2D eigenvalue weighted by Gasteiger charge is 2.29. The van der Waals surface area contributed by atoms with E-state index in [9.17, 15) is 14.4 Å². The van der Waals surface area contributed by atoms with Crippen LogP contribution in [0.4, 0.5) is 0 Å². The summed E-state index contributed by atoms with van der Waals surface area (Å²) in [5.41, 5.74) is 0. The van der Waals surface area contributed by atoms with Crippen molar-refractivity contribution in [1.29, 1.82) is 0 Å². The van der Waals surface area contributed by atoms with Gasteiger partial charge in [-0.1, -0.05) is 12.0 Å². The van der Waals surface area contributed by atoms with Crippen LogP contribution in [-0.2, 0) is 14.4 Å². The molecule has 0 aromatic rings. The number of terminal acetylenes is 1. The third-order valence-electron chi connectivity index (χ3n) is 4.90. The average molecular weight is 361 g/mol. The lowest BCUT2D eigenvalue weighted by Crippen LogP contribution is -2.47. The molecule has 7 heteroatoms. The molecule has 0 saturated carbocycles. The molecule has 2 fully saturated rings. The van der Waals surface area contributed by atoms with Crippen LogP contribution in [-0.4, -0.2) is 60.0 Å². The predicted molar refractivity (Wildman–Crippen MR) is 97.1 cm³/mol. The van der Waals surface area contributed by atoms with Crippen LogP contribution in [0.25, 0.3) is 0 Å². The third-order valence-corrected chi connectivity index (χ3v) is 4.90. The number of allylic oxidation sites excluding steroid dienone is 1. The Hall–Kier alpha value is -2.33. The fraction of sp³-hybridized carbons (Fsp3) is 0.632. The molecular formula is C19H27N3O4. The fourth-order valence-electron chi connectivity index (χ4n) is 3.37. The second-order valence-corrected chi connectivity index (χ2v) is 6.90. The van der Waals surface area contributed by atoms with E-state index < -0.39 is 12.0 Å². The quantitative estimate of drug-likeness (QED) is 0.469. The Morgan fingerprint density at radius 2 is 2.04 bits per heavy atom. The molecule has 2 heterocycles. The number of hydrogen-bond acceptors (Lipinski definition) is 4. The SMILES string of the molecule is C#C[C@@H](CC(=O)O)NC(=O)[C@@H]1CCCN(C(=O)/C=C/C2CCNCC2)C1. The molecule has 3 N–H and O–H groups in total. The Morgan fingerprint density at radius 1 is 1.31 bits per heavy atom. The molecule has 0 aliphatic carbocycles. The number of carboxylic acid groups (broad SMARTS) is 1. The van der Waals surface area contributed by atoms with Gasteiger partial charge in [-0.05, 0) is 50.8 Å². The van der Waals surface area contributed by atoms with Crippen LogP contribution < -0.4 is 10.6 Å². The summed E-state index contributed by atoms with van der Waals surface area (Å²) in [6, 6.07) is -0.828. The maximum Gasteiger partial charge on any atom is 0.306 e. The Bertz CT molecular complexity index is 590. The van der Waals surface area contributed by atoms with Gasteiger partial charge in [0, 0.05) is 13.1 Å². The number of likely N-dealkylation sites (tertiary alicyclic amines) is 1. The number of hydrogen-bond donors (Lipinski definition) is 3. The predicted octanol–water partition coefficient (Wildman–Crippen LogP) is 0.374. The molecule has 0 radical (unpaired) electrons. The molecule has 2 amide bonds. The summed E-state index contributed by atoms with van der Waals surface area (Å²) < 4.78 is 0. The number of nitrogens with zero attached hydrogens (tertiary/aromatic N) is 1. The van der Waals surface area contributed by atoms with Gasteiger partial charge in [0.15, 0.2) is 0 Å². The lowest BCUT2D eigenvalue weighted by atomic mass is 9.95. The standard InChI is InChI=1S/C19H27N3O4/c1-2-16(12-18(24)25)21-19(26)15-4-3-11-22(13-15)17(23)6-5-14-7-9-20-10-8-14/h1,5-6,14-16,20H,3-4,7-13H2,(H,21,26)(H,24,25)/b6-5+/t15-,16+/m1/s1. The number of carbonyl (C=O) groups is 3. The normalized spacial score (nSPS) is 22.6. The van der Waals surface area contributed by atoms with E-state index in [4.69, 9.17) is 11.5 Å². The minimum Gasteiger partial charge on any atom is -0.481 e. The Labute approximate surface area is 154 Å². The van der Waals surface area contributed by atoms with Crippen molar-refractivity contribution in [2.24, 2.45) is 11.8 Å². The van der Waals surface area contributed by atoms with Gasteiger partial charge in [-0.2, -0.15) is 0 Å². The van der Waals surface area contributed by atoms with Crippen molar-refractivity contribution in [3.8, 4) is 12.3 Å². The summed E-state index contributed by atoms with van der Waals surface area (Å²) in [5.74, 6) is 0.944. The topological polar surface area (TPSA) is 98.7 Å². The Balaban J connectivity index is 1.86. The highest BCUT2D eigenvalue weighted by atomic mass is 16.4. The van der Waals surface area contributed by atoms with Crippen molar-refractivity contribution in [3.05, 3.63) is 12.2 Å². The molecule has 0 bridgehead atoms. The zero-order valence-electron chi connectivity index (χ0n) is 14.9. The lowest BCUT2D eigenvalue weighted by molar-refractivity contribution is -0.137. The van der Waals surface area contributed by atoms with Crippen molar-refractivity contribution >= 4 is 17.8 Å². The monoisotopic (exact) mass is 361 g/mol. The van der Waals surface area contributed by atoms with Crippen LogP contribution in [0.1, 0.15) is 32.1 Å². The largest absolute Gasteiger partial charge is 0.481 e. The van der Waals surface area contributed by atoms with E-state index in [1.165, 1.54) is 0 Å². The smallest absolute Gasteiger partial charge is 0.306 e. The molecule has 2 atom stereocenters. The number of rotatable bonds is 6. The van der Waals surface area contributed by atoms with Crippen LogP contribution in [0.2, 0.25) is 0 Å². The summed E-state index contributed by atoms with van der Waals surface area (Å²) >= 11 is 0. The van der Waals surface area contributed by atoms with Crippen molar-refractivity contribution in [2.45, 2.75) is 38.1 Å². The first-order chi connectivity index (χ1) is 12.5. The van der Waals surface area contributed by atoms with Crippen molar-refractivity contribution in [2.75, 3.05) is 26.2 Å². The van der Waals surface area contributed by atoms with Gasteiger partial charge in [0.25, 0.3) is 0 Å². The molecule has 26 heavy (non-hydrogen) atoms. The maximum atomic E-state index is 12.4. The van der Waals surface area contributed by atoms with Crippen LogP contribution in [0.15, 0.2) is 12.2 Å². The van der Waals surface area contributed by atoms with Crippen LogP contribution in [0.5, 0.6) is 0 Å². The summed E-state index contributed by atoms with van der Waals surface area (Å²) in [5, 5.41) is 14.7. The highest BCUT2D eigenvalue weighted by Crippen LogP contribution is 2.18. The number of carboxylic acids is 1. The molecule has 0 aromatic carbocycles. The van der Waals surface area contributed by atoms with Gasteiger partial charge in [-0.3, -0.25) is 14.4 Å². The van der Waals surface area contributed by atoms with Gasteiger partial charge in [0.1, 0.15) is 6.04 Å². The summed E-state index contributed by atoms with van der Waals surface area (Å²) in [6.07, 6.45) is 12.1. The lowest BCUT2D eigenvalue weighted by Gasteiger charge is -2.32. The van der Waals surface area contributed by atoms with Crippen LogP contribution in [0.3, 0.4) is 0 Å². The molecular weight excluding hydrogens is 334 g/mol. The molecule has 2 aliphatic rings. The second-order valence-electron chi connectivity index (χ2n) is 6.90. The Morgan fingerprint density at radius 3 is 2.69 bits per heavy atom. The van der Waals surface area contributed by atoms with E-state index in [0.29, 0.717) is 25.4 Å². The van der Waals surface area contributed by atoms with E-state index >= 15 is 0 Å². The maximum absolute atomic E-state index is 12.4. The molecule has 0 aromatic heterocycles. The molecule has 0 spiro atoms. The molecule has 2 saturated heterocycles. The van der Waals surface area contributed by atoms with E-state index in [0.717, 1.165) is 32.4 Å². The van der Waals surface area contributed by atoms with Gasteiger partial charge >= 0.3 is 5.97 Å². The van der Waals surface area contributed by atoms with E-state index in [1.807, 2.05) is 6.08 Å². The highest BCUT2D eigenvalue weighted by molar-refractivity contribution is 5.88. The fourth-order valence-corrected chi connectivity index (χ4v) is 3.37. The van der Waals surface area contributed by atoms with Gasteiger partial charge in [0.05, 0.1) is 12.3 Å². The summed E-state index contributed by atoms with van der Waals surface area (Å²) in [4.78, 5) is 37.2. The van der Waals surface area contributed by atoms with Gasteiger partial charge < -0.3 is 20.6 Å². The number of nitrogens with one attached hydrogen (secondary N) is 2. The van der Waals surface area contributed by atoms with Gasteiger partial charge in [-0.15, -0.1) is 6.42 Å². The summed E-state index contributed by atoms with van der Waals surface area (Å²) in [6.45, 7) is 2.92. The molecule has 2 aliphatic heterocycles. The van der Waals surface area contributed by atoms with Gasteiger partial charge in [0.2, 0.25) is 11.8 Å². The minimum atomic E-state index is -1.06. The molecule has 142 valence electrons. The van der Waals surface area contributed by atoms with Crippen molar-refractivity contribution in [1.82, 2.24) is 15.5 Å². The zero-order chi connectivity index (χ0) is 18.9. The minimum absolute atomic E-state index is 0.0694. The average Bonchev–Trinajstić information content (AvgIpc) is 2.66. The second kappa shape index (κ2) is 9.97. The molecule has 7 nitrogen and oxygen atoms in total. The Kier molecular flexibility index (Phi) is 7.67. The number of aliphatic carboxylic acids is 1. The van der Waals surface area contributed by atoms with E-state index in [1.54, 1.807) is 11.0 Å². The molecule has 2 rings (SSSR count). The van der Waals surface area contributed by atoms with Crippen molar-refractivity contribution < 1.29 is 19.5 Å². The number of piperidine rings is 2. The van der Waals surface area contributed by atoms with E-state index in [2.05, 4.69) is 16.6 Å². The van der Waals surface area contributed by atoms with Crippen molar-refractivity contribution in [3.63, 3.8) is 0 Å². The number of amides is 2. The van der Waals surface area contributed by atoms with Crippen LogP contribution in [0, 0.1) is 24.2 Å². The summed E-state index contributed by atoms with van der Waals surface area (Å²) in [7, 11) is 0. The van der Waals surface area contributed by atoms with E-state index in [-0.39, 0.29) is 24.2 Å². The first kappa shape index (κ1) is 20.0. The molecule has 0 unspecified atom stereocenters. The third kappa shape index (κ3) is 6.19. The van der Waals surface area contributed by atoms with Gasteiger partial charge in [-0.25, -0.2) is 0 Å². The zero-order valence-corrected chi connectivity index (χ0v) is 14.9. The number of carbonyl (C=O) groups excluding carboxylic acids is 2. The first-order valence-electron chi connectivity index (χ1n) is 9.15. The first-order valence-corrected chi connectivity index (χ1v) is 9.15.